The Hall–Kier alpha value is -1.96. The third-order valence-electron chi connectivity index (χ3n) is 2.90. The van der Waals surface area contributed by atoms with Crippen molar-refractivity contribution in [2.24, 2.45) is 0 Å². The van der Waals surface area contributed by atoms with E-state index >= 15 is 0 Å². The van der Waals surface area contributed by atoms with Crippen LogP contribution in [0.3, 0.4) is 0 Å². The van der Waals surface area contributed by atoms with Crippen molar-refractivity contribution in [3.05, 3.63) is 12.5 Å². The summed E-state index contributed by atoms with van der Waals surface area (Å²) in [6.07, 6.45) is 3.35. The molecule has 2 aromatic rings. The van der Waals surface area contributed by atoms with Gasteiger partial charge in [0.2, 0.25) is 5.91 Å². The highest BCUT2D eigenvalue weighted by Gasteiger charge is 2.33. The van der Waals surface area contributed by atoms with Gasteiger partial charge in [-0.3, -0.25) is 19.6 Å². The molecular formula is C11H11N5O2S. The standard InChI is InChI=1S/C11H11N5O2S/c1-6(17)19-7-2-9(18)16(4-7)11-8-3-14-15-10(8)12-5-13-11/h3,5,7H,2,4H2,1H3,(H,12,13,14,15). The van der Waals surface area contributed by atoms with Crippen LogP contribution in [0.2, 0.25) is 0 Å². The van der Waals surface area contributed by atoms with Crippen LogP contribution >= 0.6 is 11.8 Å². The van der Waals surface area contributed by atoms with E-state index in [0.717, 1.165) is 0 Å². The molecule has 0 spiro atoms. The van der Waals surface area contributed by atoms with Gasteiger partial charge in [0.05, 0.1) is 11.6 Å². The molecule has 0 aromatic carbocycles. The number of aromatic amines is 1. The number of amides is 1. The maximum Gasteiger partial charge on any atom is 0.229 e. The van der Waals surface area contributed by atoms with Gasteiger partial charge in [0, 0.05) is 25.1 Å². The smallest absolute Gasteiger partial charge is 0.229 e. The molecule has 1 fully saturated rings. The predicted octanol–water partition coefficient (Wildman–Crippen LogP) is 0.738. The molecule has 7 nitrogen and oxygen atoms in total. The molecule has 0 saturated carbocycles. The molecule has 1 aliphatic heterocycles. The van der Waals surface area contributed by atoms with Crippen LogP contribution in [0.1, 0.15) is 13.3 Å². The van der Waals surface area contributed by atoms with Crippen molar-refractivity contribution in [3.63, 3.8) is 0 Å². The number of fused-ring (bicyclic) bond motifs is 1. The fourth-order valence-electron chi connectivity index (χ4n) is 2.16. The van der Waals surface area contributed by atoms with E-state index < -0.39 is 0 Å². The van der Waals surface area contributed by atoms with Crippen molar-refractivity contribution >= 4 is 39.6 Å². The molecule has 1 aliphatic rings. The van der Waals surface area contributed by atoms with E-state index in [2.05, 4.69) is 20.2 Å². The normalized spacial score (nSPS) is 19.3. The van der Waals surface area contributed by atoms with Crippen molar-refractivity contribution < 1.29 is 9.59 Å². The van der Waals surface area contributed by atoms with Crippen LogP contribution < -0.4 is 4.90 Å². The molecule has 2 aromatic heterocycles. The zero-order valence-corrected chi connectivity index (χ0v) is 11.0. The lowest BCUT2D eigenvalue weighted by Crippen LogP contribution is -2.26. The van der Waals surface area contributed by atoms with Gasteiger partial charge in [-0.15, -0.1) is 0 Å². The maximum absolute atomic E-state index is 12.0. The van der Waals surface area contributed by atoms with Crippen LogP contribution in [0.4, 0.5) is 5.82 Å². The van der Waals surface area contributed by atoms with E-state index in [4.69, 9.17) is 0 Å². The number of hydrogen-bond donors (Lipinski definition) is 1. The van der Waals surface area contributed by atoms with Gasteiger partial charge in [0.1, 0.15) is 12.1 Å². The Morgan fingerprint density at radius 2 is 2.37 bits per heavy atom. The lowest BCUT2D eigenvalue weighted by molar-refractivity contribution is -0.117. The summed E-state index contributed by atoms with van der Waals surface area (Å²) in [5.74, 6) is 0.523. The fraction of sp³-hybridized carbons (Fsp3) is 0.364. The molecule has 3 rings (SSSR count). The molecule has 1 unspecified atom stereocenters. The second kappa shape index (κ2) is 4.61. The molecule has 8 heteroatoms. The average molecular weight is 277 g/mol. The first-order valence-corrected chi connectivity index (χ1v) is 6.65. The van der Waals surface area contributed by atoms with E-state index in [1.165, 1.54) is 25.0 Å². The minimum Gasteiger partial charge on any atom is -0.295 e. The molecule has 1 saturated heterocycles. The Bertz CT molecular complexity index is 655. The van der Waals surface area contributed by atoms with Gasteiger partial charge >= 0.3 is 0 Å². The van der Waals surface area contributed by atoms with Crippen LogP contribution in [-0.2, 0) is 9.59 Å². The number of carbonyl (C=O) groups excluding carboxylic acids is 2. The van der Waals surface area contributed by atoms with Crippen LogP contribution in [0.5, 0.6) is 0 Å². The molecule has 19 heavy (non-hydrogen) atoms. The summed E-state index contributed by atoms with van der Waals surface area (Å²) in [6, 6.07) is 0. The highest BCUT2D eigenvalue weighted by Crippen LogP contribution is 2.30. The Labute approximate surface area is 112 Å². The summed E-state index contributed by atoms with van der Waals surface area (Å²) in [5.41, 5.74) is 0.598. The number of nitrogens with zero attached hydrogens (tertiary/aromatic N) is 4. The Kier molecular flexibility index (Phi) is 2.94. The first-order chi connectivity index (χ1) is 9.15. The van der Waals surface area contributed by atoms with Crippen LogP contribution in [0.15, 0.2) is 12.5 Å². The third kappa shape index (κ3) is 2.19. The molecular weight excluding hydrogens is 266 g/mol. The van der Waals surface area contributed by atoms with Crippen LogP contribution in [-0.4, -0.2) is 43.0 Å². The monoisotopic (exact) mass is 277 g/mol. The molecule has 98 valence electrons. The second-order valence-corrected chi connectivity index (χ2v) is 5.75. The first-order valence-electron chi connectivity index (χ1n) is 5.77. The van der Waals surface area contributed by atoms with Gasteiger partial charge in [-0.2, -0.15) is 5.10 Å². The number of hydrogen-bond acceptors (Lipinski definition) is 6. The number of carbonyl (C=O) groups is 2. The molecule has 0 bridgehead atoms. The van der Waals surface area contributed by atoms with Gasteiger partial charge in [-0.05, 0) is 0 Å². The maximum atomic E-state index is 12.0. The van der Waals surface area contributed by atoms with Gasteiger partial charge in [-0.25, -0.2) is 9.97 Å². The largest absolute Gasteiger partial charge is 0.295 e. The Morgan fingerprint density at radius 1 is 1.53 bits per heavy atom. The van der Waals surface area contributed by atoms with E-state index in [1.807, 2.05) is 0 Å². The van der Waals surface area contributed by atoms with Crippen molar-refractivity contribution in [1.82, 2.24) is 20.2 Å². The number of thioether (sulfide) groups is 1. The SMILES string of the molecule is CC(=O)SC1CC(=O)N(c2ncnc3[nH]ncc23)C1. The van der Waals surface area contributed by atoms with E-state index in [1.54, 1.807) is 11.1 Å². The number of anilines is 1. The number of aromatic nitrogens is 4. The second-order valence-electron chi connectivity index (χ2n) is 4.27. The number of rotatable bonds is 2. The molecule has 0 aliphatic carbocycles. The van der Waals surface area contributed by atoms with Crippen molar-refractivity contribution in [2.75, 3.05) is 11.4 Å². The molecule has 3 heterocycles. The molecule has 1 amide bonds. The lowest BCUT2D eigenvalue weighted by atomic mass is 10.3. The third-order valence-corrected chi connectivity index (χ3v) is 3.89. The van der Waals surface area contributed by atoms with Gasteiger partial charge < -0.3 is 0 Å². The summed E-state index contributed by atoms with van der Waals surface area (Å²) in [5, 5.41) is 7.37. The van der Waals surface area contributed by atoms with Crippen molar-refractivity contribution in [2.45, 2.75) is 18.6 Å². The quantitative estimate of drug-likeness (QED) is 0.870. The highest BCUT2D eigenvalue weighted by molar-refractivity contribution is 8.14. The summed E-state index contributed by atoms with van der Waals surface area (Å²) in [7, 11) is 0. The number of H-pyrrole nitrogens is 1. The topological polar surface area (TPSA) is 91.8 Å². The zero-order chi connectivity index (χ0) is 13.4. The minimum atomic E-state index is -0.0278. The predicted molar refractivity (Wildman–Crippen MR) is 70.7 cm³/mol. The number of nitrogens with one attached hydrogen (secondary N) is 1. The zero-order valence-electron chi connectivity index (χ0n) is 10.2. The van der Waals surface area contributed by atoms with Crippen molar-refractivity contribution in [3.8, 4) is 0 Å². The van der Waals surface area contributed by atoms with Crippen LogP contribution in [0.25, 0.3) is 11.0 Å². The average Bonchev–Trinajstić information content (AvgIpc) is 2.94. The Balaban J connectivity index is 1.92. The fourth-order valence-corrected chi connectivity index (χ4v) is 3.08. The van der Waals surface area contributed by atoms with Gasteiger partial charge in [-0.1, -0.05) is 11.8 Å². The van der Waals surface area contributed by atoms with E-state index in [-0.39, 0.29) is 16.3 Å². The van der Waals surface area contributed by atoms with Crippen LogP contribution in [0, 0.1) is 0 Å². The summed E-state index contributed by atoms with van der Waals surface area (Å²) >= 11 is 1.20. The molecule has 0 radical (unpaired) electrons. The minimum absolute atomic E-state index is 0.0121. The Morgan fingerprint density at radius 3 is 3.16 bits per heavy atom. The van der Waals surface area contributed by atoms with Crippen molar-refractivity contribution in [1.29, 1.82) is 0 Å². The van der Waals surface area contributed by atoms with Gasteiger partial charge in [0.15, 0.2) is 10.8 Å². The van der Waals surface area contributed by atoms with Gasteiger partial charge in [0.25, 0.3) is 0 Å². The van der Waals surface area contributed by atoms with E-state index in [0.29, 0.717) is 29.8 Å². The summed E-state index contributed by atoms with van der Waals surface area (Å²) in [6.45, 7) is 2.00. The lowest BCUT2D eigenvalue weighted by Gasteiger charge is -2.15. The van der Waals surface area contributed by atoms with E-state index in [9.17, 15) is 9.59 Å². The summed E-state index contributed by atoms with van der Waals surface area (Å²) < 4.78 is 0. The molecule has 1 atom stereocenters. The first kappa shape index (κ1) is 12.1. The highest BCUT2D eigenvalue weighted by atomic mass is 32.2. The summed E-state index contributed by atoms with van der Waals surface area (Å²) in [4.78, 5) is 33.0. The molecule has 1 N–H and O–H groups in total.